The number of rotatable bonds is 7. The van der Waals surface area contributed by atoms with E-state index in [0.29, 0.717) is 23.6 Å². The molecule has 0 bridgehead atoms. The summed E-state index contributed by atoms with van der Waals surface area (Å²) in [6.45, 7) is 4.30. The van der Waals surface area contributed by atoms with E-state index < -0.39 is 10.0 Å². The molecule has 0 saturated heterocycles. The highest BCUT2D eigenvalue weighted by Gasteiger charge is 2.21. The molecule has 1 amide bonds. The molecule has 3 rings (SSSR count). The van der Waals surface area contributed by atoms with E-state index in [-0.39, 0.29) is 15.4 Å². The average Bonchev–Trinajstić information content (AvgIpc) is 3.13. The number of nitrogens with one attached hydrogen (secondary N) is 2. The Morgan fingerprint density at radius 2 is 1.75 bits per heavy atom. The summed E-state index contributed by atoms with van der Waals surface area (Å²) < 4.78 is 32.4. The fourth-order valence-electron chi connectivity index (χ4n) is 2.23. The molecule has 0 saturated carbocycles. The fraction of sp³-hybridized carbons (Fsp3) is 0.167. The van der Waals surface area contributed by atoms with Gasteiger partial charge in [-0.15, -0.1) is 10.2 Å². The third-order valence-corrected chi connectivity index (χ3v) is 6.18. The van der Waals surface area contributed by atoms with E-state index in [1.807, 2.05) is 26.0 Å². The van der Waals surface area contributed by atoms with E-state index in [4.69, 9.17) is 4.74 Å². The zero-order chi connectivity index (χ0) is 20.1. The van der Waals surface area contributed by atoms with Crippen molar-refractivity contribution < 1.29 is 17.9 Å². The van der Waals surface area contributed by atoms with Gasteiger partial charge in [0.15, 0.2) is 0 Å². The van der Waals surface area contributed by atoms with E-state index in [9.17, 15) is 13.2 Å². The van der Waals surface area contributed by atoms with Crippen molar-refractivity contribution >= 4 is 38.1 Å². The highest BCUT2D eigenvalue weighted by Crippen LogP contribution is 2.24. The summed E-state index contributed by atoms with van der Waals surface area (Å²) in [5.41, 5.74) is 1.84. The number of carbonyl (C=O) groups is 1. The summed E-state index contributed by atoms with van der Waals surface area (Å²) in [6, 6.07) is 13.5. The van der Waals surface area contributed by atoms with Crippen LogP contribution < -0.4 is 14.8 Å². The van der Waals surface area contributed by atoms with Crippen molar-refractivity contribution in [3.8, 4) is 5.75 Å². The van der Waals surface area contributed by atoms with Crippen LogP contribution in [0.15, 0.2) is 52.9 Å². The molecule has 0 unspecified atom stereocenters. The first kappa shape index (κ1) is 19.8. The Balaban J connectivity index is 1.69. The van der Waals surface area contributed by atoms with Crippen LogP contribution >= 0.6 is 11.3 Å². The Kier molecular flexibility index (Phi) is 5.90. The van der Waals surface area contributed by atoms with Gasteiger partial charge in [0.05, 0.1) is 6.61 Å². The first-order chi connectivity index (χ1) is 13.4. The number of amides is 1. The van der Waals surface area contributed by atoms with E-state index >= 15 is 0 Å². The number of carbonyl (C=O) groups excluding carboxylic acids is 1. The molecule has 1 aromatic heterocycles. The van der Waals surface area contributed by atoms with Crippen LogP contribution in [0, 0.1) is 6.92 Å². The topological polar surface area (TPSA) is 110 Å². The van der Waals surface area contributed by atoms with Crippen LogP contribution in [-0.4, -0.2) is 31.1 Å². The number of sulfonamides is 1. The van der Waals surface area contributed by atoms with Gasteiger partial charge in [-0.2, -0.15) is 8.42 Å². The molecule has 2 aromatic carbocycles. The second-order valence-corrected chi connectivity index (χ2v) is 8.59. The van der Waals surface area contributed by atoms with Gasteiger partial charge in [-0.1, -0.05) is 29.0 Å². The number of hydrogen-bond donors (Lipinski definition) is 2. The molecule has 0 spiro atoms. The summed E-state index contributed by atoms with van der Waals surface area (Å²) in [7, 11) is -3.92. The van der Waals surface area contributed by atoms with E-state index in [0.717, 1.165) is 16.9 Å². The number of anilines is 2. The molecular formula is C18H18N4O4S2. The smallest absolute Gasteiger partial charge is 0.291 e. The Labute approximate surface area is 166 Å². The molecule has 28 heavy (non-hydrogen) atoms. The Hall–Kier alpha value is -2.98. The van der Waals surface area contributed by atoms with Gasteiger partial charge in [0, 0.05) is 11.3 Å². The maximum absolute atomic E-state index is 12.5. The maximum Gasteiger partial charge on any atom is 0.291 e. The third-order valence-electron chi connectivity index (χ3n) is 3.59. The van der Waals surface area contributed by atoms with Crippen molar-refractivity contribution in [2.75, 3.05) is 16.6 Å². The second kappa shape index (κ2) is 8.36. The van der Waals surface area contributed by atoms with Gasteiger partial charge >= 0.3 is 0 Å². The van der Waals surface area contributed by atoms with E-state index in [2.05, 4.69) is 20.2 Å². The van der Waals surface area contributed by atoms with Crippen molar-refractivity contribution in [1.82, 2.24) is 10.2 Å². The minimum Gasteiger partial charge on any atom is -0.494 e. The molecule has 8 nitrogen and oxygen atoms in total. The lowest BCUT2D eigenvalue weighted by atomic mass is 10.1. The van der Waals surface area contributed by atoms with Crippen LogP contribution in [0.25, 0.3) is 0 Å². The monoisotopic (exact) mass is 418 g/mol. The van der Waals surface area contributed by atoms with Gasteiger partial charge in [-0.05, 0) is 50.2 Å². The number of aryl methyl sites for hydroxylation is 1. The minimum atomic E-state index is -3.92. The lowest BCUT2D eigenvalue weighted by molar-refractivity contribution is 0.102. The van der Waals surface area contributed by atoms with Crippen LogP contribution in [0.4, 0.5) is 10.8 Å². The number of aromatic nitrogens is 2. The van der Waals surface area contributed by atoms with Crippen molar-refractivity contribution in [3.63, 3.8) is 0 Å². The molecule has 0 fully saturated rings. The summed E-state index contributed by atoms with van der Waals surface area (Å²) in [5.74, 6) is 0.252. The summed E-state index contributed by atoms with van der Waals surface area (Å²) in [5, 5.41) is 10.1. The van der Waals surface area contributed by atoms with Gasteiger partial charge in [-0.3, -0.25) is 14.8 Å². The zero-order valence-electron chi connectivity index (χ0n) is 15.2. The molecule has 2 N–H and O–H groups in total. The Morgan fingerprint density at radius 3 is 2.39 bits per heavy atom. The normalized spacial score (nSPS) is 11.1. The fourth-order valence-corrected chi connectivity index (χ4v) is 4.18. The van der Waals surface area contributed by atoms with Crippen LogP contribution in [-0.2, 0) is 10.0 Å². The Bertz CT molecular complexity index is 1060. The van der Waals surface area contributed by atoms with Crippen molar-refractivity contribution in [1.29, 1.82) is 0 Å². The quantitative estimate of drug-likeness (QED) is 0.570. The van der Waals surface area contributed by atoms with Gasteiger partial charge in [0.25, 0.3) is 20.3 Å². The first-order valence-electron chi connectivity index (χ1n) is 8.34. The van der Waals surface area contributed by atoms with Crippen molar-refractivity contribution in [3.05, 3.63) is 59.7 Å². The van der Waals surface area contributed by atoms with Gasteiger partial charge < -0.3 is 4.74 Å². The zero-order valence-corrected chi connectivity index (χ0v) is 16.8. The molecule has 10 heteroatoms. The van der Waals surface area contributed by atoms with E-state index in [1.54, 1.807) is 36.4 Å². The lowest BCUT2D eigenvalue weighted by Gasteiger charge is -2.06. The number of ether oxygens (including phenoxy) is 1. The standard InChI is InChI=1S/C18H18N4O4S2/c1-3-26-15-10-8-14(9-11-15)22-28(24,25)18-21-20-17(27-18)19-16(23)13-6-4-12(2)5-7-13/h4-11,22H,3H2,1-2H3,(H,19,20,23). The highest BCUT2D eigenvalue weighted by atomic mass is 32.2. The minimum absolute atomic E-state index is 0.0950. The number of nitrogens with zero attached hydrogens (tertiary/aromatic N) is 2. The summed E-state index contributed by atoms with van der Waals surface area (Å²) in [4.78, 5) is 12.2. The summed E-state index contributed by atoms with van der Waals surface area (Å²) in [6.07, 6.45) is 0. The molecule has 0 radical (unpaired) electrons. The Morgan fingerprint density at radius 1 is 1.07 bits per heavy atom. The van der Waals surface area contributed by atoms with Gasteiger partial charge in [0.2, 0.25) is 5.13 Å². The number of benzene rings is 2. The molecule has 0 aliphatic rings. The van der Waals surface area contributed by atoms with Crippen molar-refractivity contribution in [2.24, 2.45) is 0 Å². The molecule has 3 aromatic rings. The maximum atomic E-state index is 12.5. The van der Waals surface area contributed by atoms with Crippen LogP contribution in [0.2, 0.25) is 0 Å². The average molecular weight is 419 g/mol. The van der Waals surface area contributed by atoms with Crippen LogP contribution in [0.1, 0.15) is 22.8 Å². The lowest BCUT2D eigenvalue weighted by Crippen LogP contribution is -2.12. The summed E-state index contributed by atoms with van der Waals surface area (Å²) >= 11 is 0.767. The SMILES string of the molecule is CCOc1ccc(NS(=O)(=O)c2nnc(NC(=O)c3ccc(C)cc3)s2)cc1. The predicted molar refractivity (Wildman–Crippen MR) is 107 cm³/mol. The van der Waals surface area contributed by atoms with E-state index in [1.165, 1.54) is 0 Å². The van der Waals surface area contributed by atoms with Crippen LogP contribution in [0.5, 0.6) is 5.75 Å². The predicted octanol–water partition coefficient (Wildman–Crippen LogP) is 3.30. The first-order valence-corrected chi connectivity index (χ1v) is 10.6. The van der Waals surface area contributed by atoms with Crippen molar-refractivity contribution in [2.45, 2.75) is 18.2 Å². The van der Waals surface area contributed by atoms with Crippen LogP contribution in [0.3, 0.4) is 0 Å². The molecule has 0 atom stereocenters. The molecule has 0 aliphatic heterocycles. The third kappa shape index (κ3) is 4.84. The second-order valence-electron chi connectivity index (χ2n) is 5.76. The van der Waals surface area contributed by atoms with Gasteiger partial charge in [-0.25, -0.2) is 0 Å². The number of hydrogen-bond acceptors (Lipinski definition) is 7. The molecule has 146 valence electrons. The highest BCUT2D eigenvalue weighted by molar-refractivity contribution is 7.94. The largest absolute Gasteiger partial charge is 0.494 e. The molecule has 1 heterocycles. The van der Waals surface area contributed by atoms with Gasteiger partial charge in [0.1, 0.15) is 5.75 Å². The molecular weight excluding hydrogens is 400 g/mol. The molecule has 0 aliphatic carbocycles.